The van der Waals surface area contributed by atoms with Crippen molar-refractivity contribution in [1.82, 2.24) is 5.32 Å². The average molecular weight is 333 g/mol. The SMILES string of the molecule is CC(C)=CCSc1ccccc1C(=O)N[C@@H]1CC[C@H](C(=O)O)C1. The molecule has 1 saturated carbocycles. The summed E-state index contributed by atoms with van der Waals surface area (Å²) in [5.74, 6) is -0.375. The number of benzene rings is 1. The largest absolute Gasteiger partial charge is 0.481 e. The molecule has 1 amide bonds. The van der Waals surface area contributed by atoms with Gasteiger partial charge in [-0.2, -0.15) is 0 Å². The zero-order valence-electron chi connectivity index (χ0n) is 13.5. The predicted octanol–water partition coefficient (Wildman–Crippen LogP) is 3.73. The molecule has 1 aromatic rings. The highest BCUT2D eigenvalue weighted by atomic mass is 32.2. The van der Waals surface area contributed by atoms with E-state index in [0.29, 0.717) is 18.4 Å². The second-order valence-corrected chi connectivity index (χ2v) is 7.17. The minimum atomic E-state index is -0.764. The van der Waals surface area contributed by atoms with Crippen LogP contribution in [0.1, 0.15) is 43.5 Å². The van der Waals surface area contributed by atoms with Gasteiger partial charge >= 0.3 is 5.97 Å². The van der Waals surface area contributed by atoms with Crippen LogP contribution in [-0.4, -0.2) is 28.8 Å². The summed E-state index contributed by atoms with van der Waals surface area (Å²) in [4.78, 5) is 24.5. The number of rotatable bonds is 6. The smallest absolute Gasteiger partial charge is 0.306 e. The number of hydrogen-bond acceptors (Lipinski definition) is 3. The Morgan fingerprint density at radius 2 is 2.04 bits per heavy atom. The maximum Gasteiger partial charge on any atom is 0.306 e. The summed E-state index contributed by atoms with van der Waals surface area (Å²) in [6.07, 6.45) is 4.02. The summed E-state index contributed by atoms with van der Waals surface area (Å²) in [7, 11) is 0. The highest BCUT2D eigenvalue weighted by molar-refractivity contribution is 7.99. The number of nitrogens with one attached hydrogen (secondary N) is 1. The van der Waals surface area contributed by atoms with Gasteiger partial charge in [-0.05, 0) is 45.2 Å². The van der Waals surface area contributed by atoms with Crippen molar-refractivity contribution in [3.05, 3.63) is 41.5 Å². The quantitative estimate of drug-likeness (QED) is 0.615. The average Bonchev–Trinajstić information content (AvgIpc) is 2.96. The zero-order valence-corrected chi connectivity index (χ0v) is 14.4. The number of carboxylic acids is 1. The number of allylic oxidation sites excluding steroid dienone is 1. The fourth-order valence-electron chi connectivity index (χ4n) is 2.68. The summed E-state index contributed by atoms with van der Waals surface area (Å²) in [5.41, 5.74) is 1.92. The molecule has 0 spiro atoms. The summed E-state index contributed by atoms with van der Waals surface area (Å²) < 4.78 is 0. The van der Waals surface area contributed by atoms with Crippen LogP contribution in [0, 0.1) is 5.92 Å². The van der Waals surface area contributed by atoms with Crippen molar-refractivity contribution < 1.29 is 14.7 Å². The van der Waals surface area contributed by atoms with Crippen molar-refractivity contribution in [2.45, 2.75) is 44.0 Å². The van der Waals surface area contributed by atoms with E-state index >= 15 is 0 Å². The lowest BCUT2D eigenvalue weighted by atomic mass is 10.1. The molecule has 1 aliphatic carbocycles. The lowest BCUT2D eigenvalue weighted by Gasteiger charge is -2.14. The molecule has 1 aliphatic rings. The van der Waals surface area contributed by atoms with Gasteiger partial charge in [0.25, 0.3) is 5.91 Å². The monoisotopic (exact) mass is 333 g/mol. The fraction of sp³-hybridized carbons (Fsp3) is 0.444. The summed E-state index contributed by atoms with van der Waals surface area (Å²) in [5, 5.41) is 12.0. The number of carbonyl (C=O) groups is 2. The van der Waals surface area contributed by atoms with E-state index in [0.717, 1.165) is 17.1 Å². The third kappa shape index (κ3) is 5.13. The highest BCUT2D eigenvalue weighted by Crippen LogP contribution is 2.27. The second-order valence-electron chi connectivity index (χ2n) is 6.11. The van der Waals surface area contributed by atoms with Crippen LogP contribution in [0.5, 0.6) is 0 Å². The third-order valence-corrected chi connectivity index (χ3v) is 4.98. The van der Waals surface area contributed by atoms with E-state index < -0.39 is 5.97 Å². The van der Waals surface area contributed by atoms with E-state index in [1.807, 2.05) is 24.3 Å². The normalized spacial score (nSPS) is 20.1. The number of thioether (sulfide) groups is 1. The Morgan fingerprint density at radius 3 is 2.70 bits per heavy atom. The summed E-state index contributed by atoms with van der Waals surface area (Å²) >= 11 is 1.64. The van der Waals surface area contributed by atoms with E-state index in [4.69, 9.17) is 5.11 Å². The van der Waals surface area contributed by atoms with E-state index in [-0.39, 0.29) is 17.9 Å². The molecular formula is C18H23NO3S. The third-order valence-electron chi connectivity index (χ3n) is 3.98. The second kappa shape index (κ2) is 8.20. The van der Waals surface area contributed by atoms with Crippen LogP contribution < -0.4 is 5.32 Å². The molecule has 124 valence electrons. The van der Waals surface area contributed by atoms with E-state index in [2.05, 4.69) is 25.2 Å². The Kier molecular flexibility index (Phi) is 6.28. The molecule has 2 rings (SSSR count). The minimum absolute atomic E-state index is 0.0422. The first kappa shape index (κ1) is 17.6. The molecule has 23 heavy (non-hydrogen) atoms. The number of amides is 1. The molecule has 0 radical (unpaired) electrons. The van der Waals surface area contributed by atoms with E-state index in [1.54, 1.807) is 11.8 Å². The molecule has 0 bridgehead atoms. The molecule has 0 saturated heterocycles. The van der Waals surface area contributed by atoms with E-state index in [9.17, 15) is 9.59 Å². The molecule has 5 heteroatoms. The van der Waals surface area contributed by atoms with Crippen molar-refractivity contribution >= 4 is 23.6 Å². The van der Waals surface area contributed by atoms with Crippen molar-refractivity contribution in [2.24, 2.45) is 5.92 Å². The maximum absolute atomic E-state index is 12.5. The van der Waals surface area contributed by atoms with Crippen LogP contribution >= 0.6 is 11.8 Å². The molecule has 0 heterocycles. The molecule has 0 unspecified atom stereocenters. The van der Waals surface area contributed by atoms with Gasteiger partial charge in [-0.1, -0.05) is 23.8 Å². The maximum atomic E-state index is 12.5. The Morgan fingerprint density at radius 1 is 1.30 bits per heavy atom. The molecule has 2 atom stereocenters. The first-order valence-electron chi connectivity index (χ1n) is 7.86. The Bertz CT molecular complexity index is 608. The van der Waals surface area contributed by atoms with Crippen LogP contribution in [-0.2, 0) is 4.79 Å². The Labute approximate surface area is 141 Å². The van der Waals surface area contributed by atoms with Gasteiger partial charge in [-0.3, -0.25) is 9.59 Å². The minimum Gasteiger partial charge on any atom is -0.481 e. The van der Waals surface area contributed by atoms with Crippen LogP contribution in [0.4, 0.5) is 0 Å². The van der Waals surface area contributed by atoms with Gasteiger partial charge in [0.05, 0.1) is 11.5 Å². The summed E-state index contributed by atoms with van der Waals surface area (Å²) in [6.45, 7) is 4.11. The highest BCUT2D eigenvalue weighted by Gasteiger charge is 2.30. The number of aliphatic carboxylic acids is 1. The van der Waals surface area contributed by atoms with Crippen molar-refractivity contribution in [3.63, 3.8) is 0 Å². The Balaban J connectivity index is 1.99. The van der Waals surface area contributed by atoms with Crippen LogP contribution in [0.3, 0.4) is 0 Å². The molecule has 1 fully saturated rings. The van der Waals surface area contributed by atoms with Gasteiger partial charge in [0.2, 0.25) is 0 Å². The number of hydrogen-bond donors (Lipinski definition) is 2. The van der Waals surface area contributed by atoms with Crippen molar-refractivity contribution in [1.29, 1.82) is 0 Å². The van der Waals surface area contributed by atoms with Crippen LogP contribution in [0.25, 0.3) is 0 Å². The van der Waals surface area contributed by atoms with Gasteiger partial charge in [0.15, 0.2) is 0 Å². The first-order chi connectivity index (χ1) is 11.0. The standard InChI is InChI=1S/C18H23NO3S/c1-12(2)9-10-23-16-6-4-3-5-15(16)17(20)19-14-8-7-13(11-14)18(21)22/h3-6,9,13-14H,7-8,10-11H2,1-2H3,(H,19,20)(H,21,22)/t13-,14+/m0/s1. The fourth-order valence-corrected chi connectivity index (χ4v) is 3.77. The molecular weight excluding hydrogens is 310 g/mol. The van der Waals surface area contributed by atoms with Crippen LogP contribution in [0.2, 0.25) is 0 Å². The van der Waals surface area contributed by atoms with Crippen LogP contribution in [0.15, 0.2) is 40.8 Å². The molecule has 4 nitrogen and oxygen atoms in total. The Hall–Kier alpha value is -1.75. The van der Waals surface area contributed by atoms with Gasteiger partial charge in [-0.15, -0.1) is 11.8 Å². The van der Waals surface area contributed by atoms with Crippen molar-refractivity contribution in [2.75, 3.05) is 5.75 Å². The summed E-state index contributed by atoms with van der Waals surface area (Å²) in [6, 6.07) is 7.52. The molecule has 0 aromatic heterocycles. The van der Waals surface area contributed by atoms with Gasteiger partial charge in [-0.25, -0.2) is 0 Å². The lowest BCUT2D eigenvalue weighted by Crippen LogP contribution is -2.33. The number of carbonyl (C=O) groups excluding carboxylic acids is 1. The molecule has 2 N–H and O–H groups in total. The first-order valence-corrected chi connectivity index (χ1v) is 8.84. The van der Waals surface area contributed by atoms with Gasteiger partial charge < -0.3 is 10.4 Å². The van der Waals surface area contributed by atoms with Gasteiger partial charge in [0, 0.05) is 16.7 Å². The molecule has 0 aliphatic heterocycles. The number of carboxylic acid groups (broad SMARTS) is 1. The zero-order chi connectivity index (χ0) is 16.8. The van der Waals surface area contributed by atoms with Crippen molar-refractivity contribution in [3.8, 4) is 0 Å². The lowest BCUT2D eigenvalue weighted by molar-refractivity contribution is -0.141. The molecule has 1 aromatic carbocycles. The van der Waals surface area contributed by atoms with E-state index in [1.165, 1.54) is 5.57 Å². The predicted molar refractivity (Wildman–Crippen MR) is 92.8 cm³/mol. The van der Waals surface area contributed by atoms with Gasteiger partial charge in [0.1, 0.15) is 0 Å². The topological polar surface area (TPSA) is 66.4 Å².